The summed E-state index contributed by atoms with van der Waals surface area (Å²) in [6, 6.07) is 5.31. The number of hydrogen-bond acceptors (Lipinski definition) is 4. The Hall–Kier alpha value is -1.39. The minimum absolute atomic E-state index is 0.576. The minimum atomic E-state index is 0.576. The van der Waals surface area contributed by atoms with Gasteiger partial charge in [-0.2, -0.15) is 0 Å². The Labute approximate surface area is 109 Å². The lowest BCUT2D eigenvalue weighted by atomic mass is 10.2. The smallest absolute Gasteiger partial charge is 0.152 e. The van der Waals surface area contributed by atoms with Crippen LogP contribution in [0, 0.1) is 0 Å². The fraction of sp³-hybridized carbons (Fsp3) is 0.167. The Morgan fingerprint density at radius 1 is 1.53 bits per heavy atom. The van der Waals surface area contributed by atoms with Gasteiger partial charge in [0.15, 0.2) is 6.29 Å². The molecule has 17 heavy (non-hydrogen) atoms. The molecule has 5 heteroatoms. The average Bonchev–Trinajstić information content (AvgIpc) is 2.81. The summed E-state index contributed by atoms with van der Waals surface area (Å²) in [7, 11) is 1.90. The van der Waals surface area contributed by atoms with Gasteiger partial charge in [0.2, 0.25) is 0 Å². The fourth-order valence-electron chi connectivity index (χ4n) is 1.67. The average molecular weight is 267 g/mol. The topological polar surface area (TPSA) is 33.2 Å². The molecule has 0 aliphatic rings. The zero-order chi connectivity index (χ0) is 12.3. The molecule has 0 unspecified atom stereocenters. The van der Waals surface area contributed by atoms with E-state index in [1.54, 1.807) is 35.0 Å². The highest BCUT2D eigenvalue weighted by molar-refractivity contribution is 7.07. The number of thiazole rings is 1. The molecule has 88 valence electrons. The summed E-state index contributed by atoms with van der Waals surface area (Å²) >= 11 is 7.68. The van der Waals surface area contributed by atoms with E-state index in [-0.39, 0.29) is 0 Å². The number of hydrogen-bond donors (Lipinski definition) is 0. The first kappa shape index (κ1) is 12.1. The number of carbonyl (C=O) groups excluding carboxylic acids is 1. The van der Waals surface area contributed by atoms with Gasteiger partial charge in [-0.1, -0.05) is 17.7 Å². The van der Waals surface area contributed by atoms with Crippen LogP contribution in [0.2, 0.25) is 5.02 Å². The van der Waals surface area contributed by atoms with E-state index < -0.39 is 0 Å². The number of aromatic nitrogens is 1. The molecule has 1 aromatic carbocycles. The van der Waals surface area contributed by atoms with Gasteiger partial charge in [0.05, 0.1) is 28.5 Å². The molecule has 0 atom stereocenters. The summed E-state index contributed by atoms with van der Waals surface area (Å²) < 4.78 is 0. The molecule has 0 N–H and O–H groups in total. The van der Waals surface area contributed by atoms with E-state index in [2.05, 4.69) is 4.98 Å². The lowest BCUT2D eigenvalue weighted by Gasteiger charge is -2.21. The van der Waals surface area contributed by atoms with Crippen molar-refractivity contribution in [2.75, 3.05) is 11.9 Å². The van der Waals surface area contributed by atoms with Crippen molar-refractivity contribution in [2.45, 2.75) is 6.54 Å². The third-order valence-electron chi connectivity index (χ3n) is 2.41. The second-order valence-corrected chi connectivity index (χ2v) is 4.76. The van der Waals surface area contributed by atoms with Crippen LogP contribution in [0.25, 0.3) is 0 Å². The van der Waals surface area contributed by atoms with Crippen molar-refractivity contribution < 1.29 is 4.79 Å². The molecule has 0 saturated carbocycles. The summed E-state index contributed by atoms with van der Waals surface area (Å²) in [6.07, 6.45) is 0.818. The van der Waals surface area contributed by atoms with Crippen molar-refractivity contribution in [3.05, 3.63) is 45.4 Å². The van der Waals surface area contributed by atoms with Crippen molar-refractivity contribution in [1.82, 2.24) is 4.98 Å². The number of nitrogens with zero attached hydrogens (tertiary/aromatic N) is 2. The highest BCUT2D eigenvalue weighted by Crippen LogP contribution is 2.29. The zero-order valence-electron chi connectivity index (χ0n) is 9.26. The Morgan fingerprint density at radius 3 is 3.00 bits per heavy atom. The summed E-state index contributed by atoms with van der Waals surface area (Å²) in [6.45, 7) is 0.633. The number of halogens is 1. The van der Waals surface area contributed by atoms with E-state index in [9.17, 15) is 4.79 Å². The Balaban J connectivity index is 2.30. The maximum atomic E-state index is 11.0. The summed E-state index contributed by atoms with van der Waals surface area (Å²) in [5.41, 5.74) is 4.10. The first-order chi connectivity index (χ1) is 8.22. The van der Waals surface area contributed by atoms with E-state index in [4.69, 9.17) is 11.6 Å². The molecule has 3 nitrogen and oxygen atoms in total. The van der Waals surface area contributed by atoms with Gasteiger partial charge < -0.3 is 4.90 Å². The maximum absolute atomic E-state index is 11.0. The first-order valence-electron chi connectivity index (χ1n) is 5.04. The first-order valence-corrected chi connectivity index (χ1v) is 6.36. The van der Waals surface area contributed by atoms with Crippen LogP contribution in [0.15, 0.2) is 29.1 Å². The van der Waals surface area contributed by atoms with Gasteiger partial charge in [-0.05, 0) is 12.1 Å². The lowest BCUT2D eigenvalue weighted by molar-refractivity contribution is 0.112. The monoisotopic (exact) mass is 266 g/mol. The standard InChI is InChI=1S/C12H11ClN2OS/c1-15(5-10-7-17-8-14-10)12-9(6-16)3-2-4-11(12)13/h2-4,6-8H,5H2,1H3. The number of para-hydroxylation sites is 1. The largest absolute Gasteiger partial charge is 0.367 e. The Kier molecular flexibility index (Phi) is 3.76. The van der Waals surface area contributed by atoms with E-state index in [0.717, 1.165) is 17.7 Å². The second kappa shape index (κ2) is 5.29. The molecule has 0 saturated heterocycles. The predicted molar refractivity (Wildman–Crippen MR) is 71.1 cm³/mol. The van der Waals surface area contributed by atoms with Gasteiger partial charge in [0.25, 0.3) is 0 Å². The van der Waals surface area contributed by atoms with Crippen molar-refractivity contribution in [3.63, 3.8) is 0 Å². The van der Waals surface area contributed by atoms with Crippen molar-refractivity contribution in [1.29, 1.82) is 0 Å². The van der Waals surface area contributed by atoms with E-state index in [0.29, 0.717) is 17.1 Å². The van der Waals surface area contributed by atoms with E-state index in [1.807, 2.05) is 17.3 Å². The number of benzene rings is 1. The van der Waals surface area contributed by atoms with Gasteiger partial charge in [0.1, 0.15) is 0 Å². The molecule has 0 amide bonds. The fourth-order valence-corrected chi connectivity index (χ4v) is 2.54. The SMILES string of the molecule is CN(Cc1cscn1)c1c(Cl)cccc1C=O. The third kappa shape index (κ3) is 2.65. The number of rotatable bonds is 4. The van der Waals surface area contributed by atoms with Crippen LogP contribution in [0.4, 0.5) is 5.69 Å². The molecule has 0 aliphatic carbocycles. The van der Waals surface area contributed by atoms with Gasteiger partial charge >= 0.3 is 0 Å². The van der Waals surface area contributed by atoms with Crippen molar-refractivity contribution >= 4 is 34.9 Å². The number of aldehydes is 1. The molecule has 0 fully saturated rings. The third-order valence-corrected chi connectivity index (χ3v) is 3.35. The molecule has 0 bridgehead atoms. The van der Waals surface area contributed by atoms with Gasteiger partial charge in [-0.3, -0.25) is 4.79 Å². The highest BCUT2D eigenvalue weighted by Gasteiger charge is 2.12. The number of anilines is 1. The van der Waals surface area contributed by atoms with Gasteiger partial charge in [-0.25, -0.2) is 4.98 Å². The van der Waals surface area contributed by atoms with E-state index in [1.165, 1.54) is 0 Å². The Bertz CT molecular complexity index is 513. The molecule has 1 aromatic heterocycles. The van der Waals surface area contributed by atoms with Crippen LogP contribution in [-0.4, -0.2) is 18.3 Å². The summed E-state index contributed by atoms with van der Waals surface area (Å²) in [5, 5.41) is 2.56. The molecule has 1 heterocycles. The Morgan fingerprint density at radius 2 is 2.35 bits per heavy atom. The number of carbonyl (C=O) groups is 1. The normalized spacial score (nSPS) is 10.2. The molecular formula is C12H11ClN2OS. The molecule has 2 rings (SSSR count). The highest BCUT2D eigenvalue weighted by atomic mass is 35.5. The zero-order valence-corrected chi connectivity index (χ0v) is 10.8. The second-order valence-electron chi connectivity index (χ2n) is 3.63. The molecule has 0 radical (unpaired) electrons. The van der Waals surface area contributed by atoms with Crippen molar-refractivity contribution in [3.8, 4) is 0 Å². The van der Waals surface area contributed by atoms with Crippen LogP contribution in [0.3, 0.4) is 0 Å². The lowest BCUT2D eigenvalue weighted by Crippen LogP contribution is -2.18. The van der Waals surface area contributed by atoms with Crippen LogP contribution in [-0.2, 0) is 6.54 Å². The van der Waals surface area contributed by atoms with Crippen LogP contribution in [0.1, 0.15) is 16.1 Å². The van der Waals surface area contributed by atoms with Gasteiger partial charge in [0, 0.05) is 18.0 Å². The predicted octanol–water partition coefficient (Wildman–Crippen LogP) is 3.25. The van der Waals surface area contributed by atoms with E-state index >= 15 is 0 Å². The quantitative estimate of drug-likeness (QED) is 0.797. The van der Waals surface area contributed by atoms with Crippen molar-refractivity contribution in [2.24, 2.45) is 0 Å². The molecule has 0 spiro atoms. The summed E-state index contributed by atoms with van der Waals surface area (Å²) in [4.78, 5) is 17.1. The molecule has 0 aliphatic heterocycles. The van der Waals surface area contributed by atoms with Crippen LogP contribution < -0.4 is 4.90 Å². The van der Waals surface area contributed by atoms with Crippen LogP contribution in [0.5, 0.6) is 0 Å². The molecular weight excluding hydrogens is 256 g/mol. The van der Waals surface area contributed by atoms with Gasteiger partial charge in [-0.15, -0.1) is 11.3 Å². The summed E-state index contributed by atoms with van der Waals surface area (Å²) in [5.74, 6) is 0. The van der Waals surface area contributed by atoms with Crippen LogP contribution >= 0.6 is 22.9 Å². The molecule has 2 aromatic rings. The minimum Gasteiger partial charge on any atom is -0.367 e. The maximum Gasteiger partial charge on any atom is 0.152 e.